The molecule has 0 unspecified atom stereocenters. The molecule has 0 radical (unpaired) electrons. The molecule has 1 aromatic rings. The van der Waals surface area contributed by atoms with Crippen LogP contribution in [0, 0.1) is 18.3 Å². The van der Waals surface area contributed by atoms with Crippen molar-refractivity contribution in [3.05, 3.63) is 41.0 Å². The Hall–Kier alpha value is -2.82. The number of nitriles is 1. The van der Waals surface area contributed by atoms with Gasteiger partial charge in [-0.05, 0) is 18.6 Å². The Bertz CT molecular complexity index is 643. The summed E-state index contributed by atoms with van der Waals surface area (Å²) < 4.78 is 40.2. The van der Waals surface area contributed by atoms with Gasteiger partial charge < -0.3 is 10.1 Å². The molecule has 5 nitrogen and oxygen atoms in total. The summed E-state index contributed by atoms with van der Waals surface area (Å²) >= 11 is 0. The average molecular weight is 326 g/mol. The fourth-order valence-corrected chi connectivity index (χ4v) is 1.42. The fraction of sp³-hybridized carbons (Fsp3) is 0.267. The second kappa shape index (κ2) is 7.98. The maximum atomic E-state index is 11.9. The first kappa shape index (κ1) is 18.2. The van der Waals surface area contributed by atoms with Crippen molar-refractivity contribution in [3.8, 4) is 6.07 Å². The number of rotatable bonds is 5. The Kier molecular flexibility index (Phi) is 6.33. The summed E-state index contributed by atoms with van der Waals surface area (Å²) in [6, 6.07) is 8.52. The highest BCUT2D eigenvalue weighted by atomic mass is 19.4. The maximum Gasteiger partial charge on any atom is 0.405 e. The number of ether oxygens (including phenoxy) is 1. The van der Waals surface area contributed by atoms with E-state index in [2.05, 4.69) is 4.74 Å². The largest absolute Gasteiger partial charge is 0.451 e. The normalized spacial score (nSPS) is 11.5. The minimum atomic E-state index is -4.55. The second-order valence-electron chi connectivity index (χ2n) is 4.55. The Morgan fingerprint density at radius 1 is 1.30 bits per heavy atom. The van der Waals surface area contributed by atoms with Gasteiger partial charge in [-0.25, -0.2) is 4.79 Å². The molecule has 0 saturated carbocycles. The number of nitrogens with one attached hydrogen (secondary N) is 1. The molecule has 0 fully saturated rings. The zero-order chi connectivity index (χ0) is 17.5. The van der Waals surface area contributed by atoms with Gasteiger partial charge in [0.25, 0.3) is 5.91 Å². The molecule has 0 aromatic heterocycles. The topological polar surface area (TPSA) is 79.2 Å². The van der Waals surface area contributed by atoms with Gasteiger partial charge in [-0.2, -0.15) is 18.4 Å². The monoisotopic (exact) mass is 326 g/mol. The van der Waals surface area contributed by atoms with Gasteiger partial charge in [0.05, 0.1) is 0 Å². The number of benzene rings is 1. The number of nitrogens with zero attached hydrogens (tertiary/aromatic N) is 1. The van der Waals surface area contributed by atoms with Gasteiger partial charge in [0.15, 0.2) is 6.61 Å². The van der Waals surface area contributed by atoms with E-state index in [0.29, 0.717) is 5.56 Å². The Labute approximate surface area is 130 Å². The minimum Gasteiger partial charge on any atom is -0.451 e. The van der Waals surface area contributed by atoms with Crippen molar-refractivity contribution in [1.82, 2.24) is 5.32 Å². The zero-order valence-electron chi connectivity index (χ0n) is 12.1. The van der Waals surface area contributed by atoms with Crippen LogP contribution < -0.4 is 5.32 Å². The van der Waals surface area contributed by atoms with Crippen LogP contribution in [0.1, 0.15) is 11.1 Å². The third kappa shape index (κ3) is 7.13. The highest BCUT2D eigenvalue weighted by Gasteiger charge is 2.27. The van der Waals surface area contributed by atoms with E-state index in [0.717, 1.165) is 5.56 Å². The van der Waals surface area contributed by atoms with E-state index in [1.165, 1.54) is 6.08 Å². The lowest BCUT2D eigenvalue weighted by Gasteiger charge is -2.08. The SMILES string of the molecule is Cc1ccc(/C=C(\C#N)C(=O)OCC(=O)NCC(F)(F)F)cc1. The van der Waals surface area contributed by atoms with Crippen LogP contribution in [0.15, 0.2) is 29.8 Å². The number of hydrogen-bond acceptors (Lipinski definition) is 4. The first-order valence-corrected chi connectivity index (χ1v) is 6.40. The van der Waals surface area contributed by atoms with E-state index >= 15 is 0 Å². The number of halogens is 3. The highest BCUT2D eigenvalue weighted by Crippen LogP contribution is 2.12. The Morgan fingerprint density at radius 3 is 2.43 bits per heavy atom. The minimum absolute atomic E-state index is 0.363. The van der Waals surface area contributed by atoms with Crippen LogP contribution in [0.25, 0.3) is 6.08 Å². The lowest BCUT2D eigenvalue weighted by Crippen LogP contribution is -2.36. The number of alkyl halides is 3. The first-order valence-electron chi connectivity index (χ1n) is 6.40. The van der Waals surface area contributed by atoms with Gasteiger partial charge in [-0.3, -0.25) is 4.79 Å². The first-order chi connectivity index (χ1) is 10.7. The summed E-state index contributed by atoms with van der Waals surface area (Å²) in [5, 5.41) is 10.5. The summed E-state index contributed by atoms with van der Waals surface area (Å²) in [6.45, 7) is -0.554. The molecule has 1 N–H and O–H groups in total. The fourth-order valence-electron chi connectivity index (χ4n) is 1.42. The van der Waals surface area contributed by atoms with E-state index in [9.17, 15) is 22.8 Å². The third-order valence-electron chi connectivity index (χ3n) is 2.55. The molecule has 0 aliphatic rings. The summed E-state index contributed by atoms with van der Waals surface area (Å²) in [5.74, 6) is -2.20. The smallest absolute Gasteiger partial charge is 0.405 e. The van der Waals surface area contributed by atoms with E-state index in [1.807, 2.05) is 6.92 Å². The van der Waals surface area contributed by atoms with Crippen molar-refractivity contribution in [1.29, 1.82) is 5.26 Å². The van der Waals surface area contributed by atoms with Gasteiger partial charge in [0, 0.05) is 0 Å². The third-order valence-corrected chi connectivity index (χ3v) is 2.55. The predicted molar refractivity (Wildman–Crippen MR) is 74.8 cm³/mol. The molecular formula is C15H13F3N2O3. The van der Waals surface area contributed by atoms with Crippen molar-refractivity contribution in [2.24, 2.45) is 0 Å². The molecule has 0 aliphatic carbocycles. The molecule has 0 heterocycles. The molecule has 8 heteroatoms. The van der Waals surface area contributed by atoms with Gasteiger partial charge >= 0.3 is 12.1 Å². The lowest BCUT2D eigenvalue weighted by molar-refractivity contribution is -0.148. The van der Waals surface area contributed by atoms with Crippen molar-refractivity contribution < 1.29 is 27.5 Å². The summed E-state index contributed by atoms with van der Waals surface area (Å²) in [7, 11) is 0. The van der Waals surface area contributed by atoms with Crippen LogP contribution >= 0.6 is 0 Å². The van der Waals surface area contributed by atoms with Gasteiger partial charge in [0.2, 0.25) is 0 Å². The molecule has 1 aromatic carbocycles. The predicted octanol–water partition coefficient (Wildman–Crippen LogP) is 2.12. The van der Waals surface area contributed by atoms with Gasteiger partial charge in [-0.1, -0.05) is 29.8 Å². The van der Waals surface area contributed by atoms with E-state index < -0.39 is 31.2 Å². The summed E-state index contributed by atoms with van der Waals surface area (Å²) in [4.78, 5) is 22.7. The molecule has 23 heavy (non-hydrogen) atoms. The van der Waals surface area contributed by atoms with Crippen molar-refractivity contribution in [2.75, 3.05) is 13.2 Å². The molecule has 0 aliphatic heterocycles. The van der Waals surface area contributed by atoms with Crippen molar-refractivity contribution >= 4 is 18.0 Å². The Morgan fingerprint density at radius 2 is 1.91 bits per heavy atom. The second-order valence-corrected chi connectivity index (χ2v) is 4.55. The number of aryl methyl sites for hydroxylation is 1. The number of carbonyl (C=O) groups is 2. The van der Waals surface area contributed by atoms with Crippen LogP contribution in [0.3, 0.4) is 0 Å². The molecule has 0 bridgehead atoms. The molecular weight excluding hydrogens is 313 g/mol. The van der Waals surface area contributed by atoms with Crippen LogP contribution in [-0.4, -0.2) is 31.2 Å². The summed E-state index contributed by atoms with van der Waals surface area (Å²) in [6.07, 6.45) is -3.29. The van der Waals surface area contributed by atoms with Crippen molar-refractivity contribution in [3.63, 3.8) is 0 Å². The average Bonchev–Trinajstić information content (AvgIpc) is 2.49. The van der Waals surface area contributed by atoms with E-state index in [1.54, 1.807) is 35.7 Å². The Balaban J connectivity index is 2.59. The lowest BCUT2D eigenvalue weighted by atomic mass is 10.1. The zero-order valence-corrected chi connectivity index (χ0v) is 12.1. The van der Waals surface area contributed by atoms with Crippen LogP contribution in [-0.2, 0) is 14.3 Å². The molecule has 0 saturated heterocycles. The molecule has 0 atom stereocenters. The van der Waals surface area contributed by atoms with Crippen LogP contribution in [0.4, 0.5) is 13.2 Å². The number of esters is 1. The van der Waals surface area contributed by atoms with Gasteiger partial charge in [-0.15, -0.1) is 0 Å². The highest BCUT2D eigenvalue weighted by molar-refractivity contribution is 5.98. The molecule has 1 rings (SSSR count). The quantitative estimate of drug-likeness (QED) is 0.511. The van der Waals surface area contributed by atoms with E-state index in [4.69, 9.17) is 5.26 Å². The summed E-state index contributed by atoms with van der Waals surface area (Å²) in [5.41, 5.74) is 1.20. The maximum absolute atomic E-state index is 11.9. The van der Waals surface area contributed by atoms with Gasteiger partial charge in [0.1, 0.15) is 18.2 Å². The molecule has 1 amide bonds. The molecule has 122 valence electrons. The number of carbonyl (C=O) groups excluding carboxylic acids is 2. The van der Waals surface area contributed by atoms with Crippen LogP contribution in [0.2, 0.25) is 0 Å². The van der Waals surface area contributed by atoms with Crippen LogP contribution in [0.5, 0.6) is 0 Å². The number of amides is 1. The number of hydrogen-bond donors (Lipinski definition) is 1. The van der Waals surface area contributed by atoms with E-state index in [-0.39, 0.29) is 5.57 Å². The standard InChI is InChI=1S/C15H13F3N2O3/c1-10-2-4-11(5-3-10)6-12(7-19)14(22)23-8-13(21)20-9-15(16,17)18/h2-6H,8-9H2,1H3,(H,20,21)/b12-6+. The molecule has 0 spiro atoms. The van der Waals surface area contributed by atoms with Crippen molar-refractivity contribution in [2.45, 2.75) is 13.1 Å².